The number of hydrogen-bond donors (Lipinski definition) is 0. The Hall–Kier alpha value is -1.85. The van der Waals surface area contributed by atoms with Gasteiger partial charge >= 0.3 is 0 Å². The van der Waals surface area contributed by atoms with E-state index in [1.54, 1.807) is 11.8 Å². The number of carbonyl (C=O) groups is 2. The Morgan fingerprint density at radius 3 is 2.84 bits per heavy atom. The highest BCUT2D eigenvalue weighted by Gasteiger charge is 2.35. The van der Waals surface area contributed by atoms with Crippen LogP contribution in [0.1, 0.15) is 31.3 Å². The van der Waals surface area contributed by atoms with Crippen molar-refractivity contribution in [2.24, 2.45) is 5.92 Å². The molecule has 104 valence electrons. The van der Waals surface area contributed by atoms with Crippen LogP contribution >= 0.6 is 0 Å². The number of hydrogen-bond acceptors (Lipinski definition) is 4. The van der Waals surface area contributed by atoms with Crippen LogP contribution in [0.5, 0.6) is 0 Å². The molecular formula is C13H19N3O3. The highest BCUT2D eigenvalue weighted by Crippen LogP contribution is 2.15. The lowest BCUT2D eigenvalue weighted by Gasteiger charge is -2.39. The van der Waals surface area contributed by atoms with Crippen LogP contribution in [-0.2, 0) is 4.79 Å². The molecule has 1 aromatic heterocycles. The van der Waals surface area contributed by atoms with E-state index < -0.39 is 6.04 Å². The zero-order valence-corrected chi connectivity index (χ0v) is 11.5. The summed E-state index contributed by atoms with van der Waals surface area (Å²) in [5.74, 6) is 0.171. The number of carbonyl (C=O) groups excluding carboxylic acids is 2. The van der Waals surface area contributed by atoms with Gasteiger partial charge in [-0.2, -0.15) is 0 Å². The van der Waals surface area contributed by atoms with Crippen molar-refractivity contribution in [3.8, 4) is 0 Å². The molecule has 1 aliphatic heterocycles. The smallest absolute Gasteiger partial charge is 0.276 e. The maximum Gasteiger partial charge on any atom is 0.276 e. The van der Waals surface area contributed by atoms with Crippen LogP contribution in [-0.4, -0.2) is 52.4 Å². The first-order chi connectivity index (χ1) is 9.00. The maximum atomic E-state index is 12.2. The molecule has 0 aromatic carbocycles. The third kappa shape index (κ3) is 2.77. The zero-order chi connectivity index (χ0) is 14.0. The summed E-state index contributed by atoms with van der Waals surface area (Å²) in [6.45, 7) is 7.74. The molecule has 1 atom stereocenters. The van der Waals surface area contributed by atoms with E-state index in [2.05, 4.69) is 23.5 Å². The molecule has 0 bridgehead atoms. The molecule has 0 aliphatic carbocycles. The third-order valence-corrected chi connectivity index (χ3v) is 3.25. The number of aromatic nitrogens is 1. The van der Waals surface area contributed by atoms with Gasteiger partial charge in [0.1, 0.15) is 12.3 Å². The normalized spacial score (nSPS) is 20.2. The Bertz CT molecular complexity index is 456. The predicted molar refractivity (Wildman–Crippen MR) is 68.4 cm³/mol. The van der Waals surface area contributed by atoms with E-state index in [4.69, 9.17) is 0 Å². The molecule has 2 rings (SSSR count). The van der Waals surface area contributed by atoms with Crippen LogP contribution in [0, 0.1) is 5.92 Å². The number of amides is 2. The van der Waals surface area contributed by atoms with Crippen molar-refractivity contribution in [1.82, 2.24) is 15.0 Å². The first kappa shape index (κ1) is 13.6. The molecule has 6 nitrogen and oxygen atoms in total. The second-order valence-corrected chi connectivity index (χ2v) is 5.24. The third-order valence-electron chi connectivity index (χ3n) is 3.25. The minimum absolute atomic E-state index is 0.00297. The fourth-order valence-corrected chi connectivity index (χ4v) is 2.30. The maximum absolute atomic E-state index is 12.2. The fraction of sp³-hybridized carbons (Fsp3) is 0.615. The second kappa shape index (κ2) is 5.42. The summed E-state index contributed by atoms with van der Waals surface area (Å²) in [5, 5.41) is 3.63. The SMILES string of the molecule is CC(C)CN1CCN(C(=O)c2ccon2)[C@@H](C)C1=O. The second-order valence-electron chi connectivity index (χ2n) is 5.24. The summed E-state index contributed by atoms with van der Waals surface area (Å²) in [7, 11) is 0. The number of nitrogens with zero attached hydrogens (tertiary/aromatic N) is 3. The minimum atomic E-state index is -0.448. The van der Waals surface area contributed by atoms with Gasteiger partial charge in [-0.05, 0) is 12.8 Å². The van der Waals surface area contributed by atoms with Crippen LogP contribution in [0.15, 0.2) is 16.9 Å². The average Bonchev–Trinajstić information content (AvgIpc) is 2.88. The lowest BCUT2D eigenvalue weighted by Crippen LogP contribution is -2.58. The molecule has 0 spiro atoms. The van der Waals surface area contributed by atoms with E-state index in [0.29, 0.717) is 19.0 Å². The Labute approximate surface area is 112 Å². The van der Waals surface area contributed by atoms with E-state index in [9.17, 15) is 9.59 Å². The van der Waals surface area contributed by atoms with Gasteiger partial charge in [0.25, 0.3) is 5.91 Å². The molecule has 0 radical (unpaired) electrons. The van der Waals surface area contributed by atoms with Crippen molar-refractivity contribution in [2.45, 2.75) is 26.8 Å². The molecule has 6 heteroatoms. The Kier molecular flexibility index (Phi) is 3.87. The summed E-state index contributed by atoms with van der Waals surface area (Å²) in [5.41, 5.74) is 0.247. The molecule has 0 unspecified atom stereocenters. The Balaban J connectivity index is 2.07. The highest BCUT2D eigenvalue weighted by molar-refractivity contribution is 5.96. The zero-order valence-electron chi connectivity index (χ0n) is 11.5. The molecule has 19 heavy (non-hydrogen) atoms. The van der Waals surface area contributed by atoms with E-state index in [1.807, 2.05) is 4.90 Å². The van der Waals surface area contributed by atoms with Crippen LogP contribution < -0.4 is 0 Å². The largest absolute Gasteiger partial charge is 0.364 e. The van der Waals surface area contributed by atoms with Gasteiger partial charge < -0.3 is 14.3 Å². The van der Waals surface area contributed by atoms with E-state index in [1.165, 1.54) is 12.3 Å². The van der Waals surface area contributed by atoms with Gasteiger partial charge in [-0.1, -0.05) is 19.0 Å². The Morgan fingerprint density at radius 2 is 2.26 bits per heavy atom. The summed E-state index contributed by atoms with van der Waals surface area (Å²) in [4.78, 5) is 27.8. The van der Waals surface area contributed by atoms with Crippen LogP contribution in [0.25, 0.3) is 0 Å². The van der Waals surface area contributed by atoms with Gasteiger partial charge in [0.2, 0.25) is 5.91 Å². The molecule has 1 aliphatic rings. The Morgan fingerprint density at radius 1 is 1.53 bits per heavy atom. The molecule has 2 heterocycles. The monoisotopic (exact) mass is 265 g/mol. The van der Waals surface area contributed by atoms with Gasteiger partial charge in [-0.25, -0.2) is 0 Å². The quantitative estimate of drug-likeness (QED) is 0.818. The fourth-order valence-electron chi connectivity index (χ4n) is 2.30. The van der Waals surface area contributed by atoms with E-state index >= 15 is 0 Å². The molecule has 1 aromatic rings. The first-order valence-electron chi connectivity index (χ1n) is 6.51. The topological polar surface area (TPSA) is 66.7 Å². The van der Waals surface area contributed by atoms with Crippen LogP contribution in [0.3, 0.4) is 0 Å². The summed E-state index contributed by atoms with van der Waals surface area (Å²) >= 11 is 0. The van der Waals surface area contributed by atoms with Gasteiger partial charge in [-0.3, -0.25) is 9.59 Å². The number of rotatable bonds is 3. The summed E-state index contributed by atoms with van der Waals surface area (Å²) in [6, 6.07) is 1.07. The van der Waals surface area contributed by atoms with Crippen molar-refractivity contribution in [1.29, 1.82) is 0 Å². The lowest BCUT2D eigenvalue weighted by molar-refractivity contribution is -0.140. The van der Waals surface area contributed by atoms with E-state index in [-0.39, 0.29) is 17.5 Å². The molecule has 2 amide bonds. The molecule has 0 N–H and O–H groups in total. The first-order valence-corrected chi connectivity index (χ1v) is 6.51. The van der Waals surface area contributed by atoms with Crippen LogP contribution in [0.2, 0.25) is 0 Å². The van der Waals surface area contributed by atoms with Gasteiger partial charge in [0, 0.05) is 25.7 Å². The lowest BCUT2D eigenvalue weighted by atomic mass is 10.1. The summed E-state index contributed by atoms with van der Waals surface area (Å²) in [6.07, 6.45) is 1.36. The predicted octanol–water partition coefficient (Wildman–Crippen LogP) is 1.00. The number of piperazine rings is 1. The van der Waals surface area contributed by atoms with Crippen LogP contribution in [0.4, 0.5) is 0 Å². The van der Waals surface area contributed by atoms with Gasteiger partial charge in [0.15, 0.2) is 5.69 Å². The average molecular weight is 265 g/mol. The van der Waals surface area contributed by atoms with Crippen molar-refractivity contribution in [3.63, 3.8) is 0 Å². The molecule has 1 fully saturated rings. The summed E-state index contributed by atoms with van der Waals surface area (Å²) < 4.78 is 4.67. The standard InChI is InChI=1S/C13H19N3O3/c1-9(2)8-15-5-6-16(10(3)12(15)17)13(18)11-4-7-19-14-11/h4,7,9-10H,5-6,8H2,1-3H3/t10-/m0/s1. The van der Waals surface area contributed by atoms with E-state index in [0.717, 1.165) is 6.54 Å². The van der Waals surface area contributed by atoms with Crippen molar-refractivity contribution in [3.05, 3.63) is 18.0 Å². The van der Waals surface area contributed by atoms with Crippen molar-refractivity contribution >= 4 is 11.8 Å². The minimum Gasteiger partial charge on any atom is -0.364 e. The molecule has 1 saturated heterocycles. The molecular weight excluding hydrogens is 246 g/mol. The molecule has 0 saturated carbocycles. The highest BCUT2D eigenvalue weighted by atomic mass is 16.5. The van der Waals surface area contributed by atoms with Gasteiger partial charge in [0.05, 0.1) is 0 Å². The van der Waals surface area contributed by atoms with Gasteiger partial charge in [-0.15, -0.1) is 0 Å². The van der Waals surface area contributed by atoms with Crippen molar-refractivity contribution in [2.75, 3.05) is 19.6 Å². The van der Waals surface area contributed by atoms with Crippen molar-refractivity contribution < 1.29 is 14.1 Å².